The van der Waals surface area contributed by atoms with Crippen LogP contribution < -0.4 is 4.90 Å². The van der Waals surface area contributed by atoms with Gasteiger partial charge in [-0.1, -0.05) is 11.6 Å². The summed E-state index contributed by atoms with van der Waals surface area (Å²) in [5.41, 5.74) is 4.52. The first-order valence-corrected chi connectivity index (χ1v) is 11.4. The Morgan fingerprint density at radius 1 is 1.03 bits per heavy atom. The number of aromatic hydroxyl groups is 2. The molecule has 2 aliphatic heterocycles. The summed E-state index contributed by atoms with van der Waals surface area (Å²) in [4.78, 5) is 19.7. The Balaban J connectivity index is 1.35. The lowest BCUT2D eigenvalue weighted by Crippen LogP contribution is -2.44. The van der Waals surface area contributed by atoms with Crippen molar-refractivity contribution in [2.75, 3.05) is 44.7 Å². The molecule has 1 fully saturated rings. The number of anilines is 1. The predicted octanol–water partition coefficient (Wildman–Crippen LogP) is 3.09. The van der Waals surface area contributed by atoms with Crippen molar-refractivity contribution in [3.63, 3.8) is 0 Å². The van der Waals surface area contributed by atoms with Gasteiger partial charge in [0.05, 0.1) is 5.02 Å². The lowest BCUT2D eigenvalue weighted by atomic mass is 9.99. The van der Waals surface area contributed by atoms with Gasteiger partial charge in [0.15, 0.2) is 0 Å². The molecule has 1 saturated heterocycles. The highest BCUT2D eigenvalue weighted by atomic mass is 35.5. The molecule has 2 aliphatic rings. The molecule has 5 rings (SSSR count). The van der Waals surface area contributed by atoms with Crippen molar-refractivity contribution in [1.29, 1.82) is 0 Å². The van der Waals surface area contributed by atoms with E-state index >= 15 is 0 Å². The van der Waals surface area contributed by atoms with Crippen molar-refractivity contribution in [1.82, 2.24) is 20.0 Å². The van der Waals surface area contributed by atoms with Crippen LogP contribution in [0.4, 0.5) is 5.69 Å². The molecule has 0 bridgehead atoms. The maximum atomic E-state index is 13.2. The molecule has 0 saturated carbocycles. The minimum atomic E-state index is -0.195. The van der Waals surface area contributed by atoms with Crippen LogP contribution in [0, 0.1) is 0 Å². The van der Waals surface area contributed by atoms with Gasteiger partial charge in [-0.3, -0.25) is 9.89 Å². The maximum absolute atomic E-state index is 13.2. The second kappa shape index (κ2) is 8.61. The number of amides is 1. The van der Waals surface area contributed by atoms with Crippen LogP contribution in [0.1, 0.15) is 21.6 Å². The number of fused-ring (bicyclic) bond motifs is 1. The first-order valence-electron chi connectivity index (χ1n) is 11.0. The number of carbonyl (C=O) groups excluding carboxylic acids is 1. The molecule has 3 heterocycles. The molecule has 172 valence electrons. The molecule has 2 aromatic carbocycles. The number of phenols is 2. The lowest BCUT2D eigenvalue weighted by Gasteiger charge is -2.34. The Kier molecular flexibility index (Phi) is 5.64. The number of rotatable bonds is 3. The first kappa shape index (κ1) is 21.6. The van der Waals surface area contributed by atoms with Crippen LogP contribution in [-0.2, 0) is 13.0 Å². The molecule has 33 heavy (non-hydrogen) atoms. The molecule has 9 heteroatoms. The van der Waals surface area contributed by atoms with Crippen LogP contribution in [0.5, 0.6) is 11.5 Å². The van der Waals surface area contributed by atoms with Crippen LogP contribution in [0.25, 0.3) is 11.3 Å². The fourth-order valence-electron chi connectivity index (χ4n) is 4.49. The average molecular weight is 468 g/mol. The number of aromatic amines is 1. The van der Waals surface area contributed by atoms with E-state index in [9.17, 15) is 15.0 Å². The van der Waals surface area contributed by atoms with E-state index in [0.717, 1.165) is 43.1 Å². The normalized spacial score (nSPS) is 16.7. The average Bonchev–Trinajstić information content (AvgIpc) is 3.24. The number of hydrogen-bond acceptors (Lipinski definition) is 6. The zero-order valence-electron chi connectivity index (χ0n) is 18.4. The number of benzene rings is 2. The number of carbonyl (C=O) groups is 1. The van der Waals surface area contributed by atoms with E-state index in [1.165, 1.54) is 12.1 Å². The number of H-pyrrole nitrogens is 1. The van der Waals surface area contributed by atoms with Gasteiger partial charge in [0.2, 0.25) is 0 Å². The zero-order chi connectivity index (χ0) is 23.1. The molecule has 1 aromatic heterocycles. The Morgan fingerprint density at radius 3 is 2.48 bits per heavy atom. The lowest BCUT2D eigenvalue weighted by molar-refractivity contribution is 0.0734. The molecule has 3 N–H and O–H groups in total. The van der Waals surface area contributed by atoms with Crippen molar-refractivity contribution in [3.05, 3.63) is 58.2 Å². The van der Waals surface area contributed by atoms with Gasteiger partial charge in [-0.05, 0) is 37.4 Å². The van der Waals surface area contributed by atoms with Gasteiger partial charge in [0.1, 0.15) is 17.2 Å². The number of aromatic nitrogens is 2. The maximum Gasteiger partial charge on any atom is 0.254 e. The monoisotopic (exact) mass is 467 g/mol. The Morgan fingerprint density at radius 2 is 1.76 bits per heavy atom. The summed E-state index contributed by atoms with van der Waals surface area (Å²) in [6.07, 6.45) is 0.639. The van der Waals surface area contributed by atoms with Gasteiger partial charge in [0.25, 0.3) is 5.91 Å². The highest BCUT2D eigenvalue weighted by Gasteiger charge is 2.28. The summed E-state index contributed by atoms with van der Waals surface area (Å²) >= 11 is 6.05. The van der Waals surface area contributed by atoms with Crippen molar-refractivity contribution in [2.45, 2.75) is 13.0 Å². The molecule has 3 aromatic rings. The van der Waals surface area contributed by atoms with Crippen molar-refractivity contribution in [3.8, 4) is 22.8 Å². The minimum Gasteiger partial charge on any atom is -0.507 e. The number of nitrogens with one attached hydrogen (secondary N) is 1. The van der Waals surface area contributed by atoms with E-state index in [2.05, 4.69) is 27.0 Å². The van der Waals surface area contributed by atoms with Crippen LogP contribution >= 0.6 is 11.6 Å². The van der Waals surface area contributed by atoms with Crippen LogP contribution in [0.15, 0.2) is 36.4 Å². The predicted molar refractivity (Wildman–Crippen MR) is 127 cm³/mol. The van der Waals surface area contributed by atoms with E-state index < -0.39 is 0 Å². The fourth-order valence-corrected chi connectivity index (χ4v) is 4.66. The molecule has 8 nitrogen and oxygen atoms in total. The van der Waals surface area contributed by atoms with E-state index in [-0.39, 0.29) is 22.4 Å². The second-order valence-corrected chi connectivity index (χ2v) is 9.07. The molecule has 0 aliphatic carbocycles. The van der Waals surface area contributed by atoms with Crippen molar-refractivity contribution >= 4 is 23.2 Å². The van der Waals surface area contributed by atoms with Crippen LogP contribution in [-0.4, -0.2) is 75.9 Å². The zero-order valence-corrected chi connectivity index (χ0v) is 19.1. The van der Waals surface area contributed by atoms with Gasteiger partial charge in [0, 0.05) is 79.8 Å². The van der Waals surface area contributed by atoms with Crippen LogP contribution in [0.2, 0.25) is 5.02 Å². The number of halogens is 1. The molecule has 1 amide bonds. The third-order valence-electron chi connectivity index (χ3n) is 6.52. The van der Waals surface area contributed by atoms with E-state index in [1.54, 1.807) is 4.90 Å². The number of nitrogens with zero attached hydrogens (tertiary/aromatic N) is 4. The second-order valence-electron chi connectivity index (χ2n) is 8.66. The minimum absolute atomic E-state index is 0.0364. The summed E-state index contributed by atoms with van der Waals surface area (Å²) in [5, 5.41) is 27.6. The van der Waals surface area contributed by atoms with Gasteiger partial charge in [-0.2, -0.15) is 5.10 Å². The smallest absolute Gasteiger partial charge is 0.254 e. The van der Waals surface area contributed by atoms with Crippen molar-refractivity contribution in [2.24, 2.45) is 0 Å². The molecule has 0 atom stereocenters. The van der Waals surface area contributed by atoms with E-state index in [1.807, 2.05) is 24.3 Å². The highest BCUT2D eigenvalue weighted by molar-refractivity contribution is 6.32. The Labute approximate surface area is 197 Å². The number of likely N-dealkylation sites (N-methyl/N-ethyl adjacent to an activating group) is 1. The van der Waals surface area contributed by atoms with E-state index in [4.69, 9.17) is 11.6 Å². The van der Waals surface area contributed by atoms with Gasteiger partial charge in [-0.25, -0.2) is 0 Å². The molecular formula is C24H26ClN5O3. The quantitative estimate of drug-likeness (QED) is 0.548. The first-order chi connectivity index (χ1) is 15.9. The molecule has 0 unspecified atom stereocenters. The van der Waals surface area contributed by atoms with Crippen molar-refractivity contribution < 1.29 is 15.0 Å². The number of phenolic OH excluding ortho intramolecular Hbond substituents is 2. The largest absolute Gasteiger partial charge is 0.507 e. The summed E-state index contributed by atoms with van der Waals surface area (Å²) in [6, 6.07) is 10.5. The SMILES string of the molecule is CN1CCN(c2ccc(C(=O)N3CCc4[nH]nc(-c5cc(Cl)c(O)cc5O)c4C3)cc2)CC1. The standard InChI is InChI=1S/C24H26ClN5O3/c1-28-8-10-29(11-9-28)16-4-2-15(3-5-16)24(33)30-7-6-20-18(14-30)23(27-26-20)17-12-19(25)22(32)13-21(17)31/h2-5,12-13,31-32H,6-11,14H2,1H3,(H,26,27). The fraction of sp³-hybridized carbons (Fsp3) is 0.333. The summed E-state index contributed by atoms with van der Waals surface area (Å²) in [5.74, 6) is -0.348. The van der Waals surface area contributed by atoms with E-state index in [0.29, 0.717) is 36.3 Å². The Bertz CT molecular complexity index is 1190. The molecule has 0 spiro atoms. The summed E-state index contributed by atoms with van der Waals surface area (Å²) in [7, 11) is 2.13. The topological polar surface area (TPSA) is 95.9 Å². The number of piperazine rings is 1. The summed E-state index contributed by atoms with van der Waals surface area (Å²) in [6.45, 7) is 4.98. The third kappa shape index (κ3) is 4.12. The third-order valence-corrected chi connectivity index (χ3v) is 6.83. The Hall–Kier alpha value is -3.23. The van der Waals surface area contributed by atoms with Gasteiger partial charge >= 0.3 is 0 Å². The number of hydrogen-bond donors (Lipinski definition) is 3. The summed E-state index contributed by atoms with van der Waals surface area (Å²) < 4.78 is 0. The van der Waals surface area contributed by atoms with Gasteiger partial charge < -0.3 is 24.9 Å². The highest BCUT2D eigenvalue weighted by Crippen LogP contribution is 2.39. The van der Waals surface area contributed by atoms with Gasteiger partial charge in [-0.15, -0.1) is 0 Å². The molecule has 0 radical (unpaired) electrons. The van der Waals surface area contributed by atoms with Crippen LogP contribution in [0.3, 0.4) is 0 Å². The molecular weight excluding hydrogens is 442 g/mol.